The zero-order valence-electron chi connectivity index (χ0n) is 12.6. The van der Waals surface area contributed by atoms with E-state index in [1.165, 1.54) is 9.75 Å². The molecule has 0 bridgehead atoms. The number of carbonyl (C=O) groups is 1. The SMILES string of the molecule is CC(C)(C)c1ccc(CNc2ccc(NC(N)=O)cc2)s1. The number of amides is 2. The summed E-state index contributed by atoms with van der Waals surface area (Å²) in [6, 6.07) is 11.3. The Morgan fingerprint density at radius 3 is 2.24 bits per heavy atom. The van der Waals surface area contributed by atoms with Gasteiger partial charge in [-0.1, -0.05) is 20.8 Å². The smallest absolute Gasteiger partial charge is 0.316 e. The summed E-state index contributed by atoms with van der Waals surface area (Å²) in [6.07, 6.45) is 0. The Kier molecular flexibility index (Phi) is 4.53. The predicted octanol–water partition coefficient (Wildman–Crippen LogP) is 4.15. The molecule has 0 aliphatic heterocycles. The van der Waals surface area contributed by atoms with Crippen molar-refractivity contribution in [3.63, 3.8) is 0 Å². The summed E-state index contributed by atoms with van der Waals surface area (Å²) in [5.41, 5.74) is 6.97. The molecule has 2 aromatic rings. The van der Waals surface area contributed by atoms with E-state index < -0.39 is 6.03 Å². The molecule has 2 amide bonds. The van der Waals surface area contributed by atoms with E-state index in [0.717, 1.165) is 12.2 Å². The molecule has 0 saturated heterocycles. The minimum Gasteiger partial charge on any atom is -0.380 e. The Bertz CT molecular complexity index is 611. The number of benzene rings is 1. The van der Waals surface area contributed by atoms with Gasteiger partial charge in [0.2, 0.25) is 0 Å². The first-order valence-electron chi connectivity index (χ1n) is 6.84. The van der Waals surface area contributed by atoms with Crippen LogP contribution in [0.1, 0.15) is 30.5 Å². The molecule has 4 N–H and O–H groups in total. The highest BCUT2D eigenvalue weighted by molar-refractivity contribution is 7.12. The number of primary amides is 1. The van der Waals surface area contributed by atoms with Gasteiger partial charge >= 0.3 is 6.03 Å². The molecule has 5 heteroatoms. The first-order chi connectivity index (χ1) is 9.84. The number of hydrogen-bond donors (Lipinski definition) is 3. The van der Waals surface area contributed by atoms with Crippen molar-refractivity contribution in [3.8, 4) is 0 Å². The van der Waals surface area contributed by atoms with Gasteiger partial charge in [0.1, 0.15) is 0 Å². The summed E-state index contributed by atoms with van der Waals surface area (Å²) in [5, 5.41) is 5.91. The number of carbonyl (C=O) groups excluding carboxylic acids is 1. The molecule has 2 rings (SSSR count). The van der Waals surface area contributed by atoms with E-state index in [1.807, 2.05) is 35.6 Å². The van der Waals surface area contributed by atoms with Crippen LogP contribution < -0.4 is 16.4 Å². The Morgan fingerprint density at radius 1 is 1.10 bits per heavy atom. The largest absolute Gasteiger partial charge is 0.380 e. The lowest BCUT2D eigenvalue weighted by Gasteiger charge is -2.15. The summed E-state index contributed by atoms with van der Waals surface area (Å²) >= 11 is 1.83. The van der Waals surface area contributed by atoms with Gasteiger partial charge in [0.15, 0.2) is 0 Å². The number of thiophene rings is 1. The number of nitrogens with two attached hydrogens (primary N) is 1. The third-order valence-electron chi connectivity index (χ3n) is 3.02. The lowest BCUT2D eigenvalue weighted by Crippen LogP contribution is -2.19. The molecular weight excluding hydrogens is 282 g/mol. The topological polar surface area (TPSA) is 67.2 Å². The summed E-state index contributed by atoms with van der Waals surface area (Å²) in [5.74, 6) is 0. The monoisotopic (exact) mass is 303 g/mol. The lowest BCUT2D eigenvalue weighted by molar-refractivity contribution is 0.259. The van der Waals surface area contributed by atoms with Crippen molar-refractivity contribution in [3.05, 3.63) is 46.2 Å². The van der Waals surface area contributed by atoms with Gasteiger partial charge in [-0.25, -0.2) is 4.79 Å². The van der Waals surface area contributed by atoms with Gasteiger partial charge < -0.3 is 16.4 Å². The van der Waals surface area contributed by atoms with E-state index in [9.17, 15) is 4.79 Å². The van der Waals surface area contributed by atoms with E-state index in [0.29, 0.717) is 5.69 Å². The van der Waals surface area contributed by atoms with Crippen LogP contribution in [0.15, 0.2) is 36.4 Å². The Labute approximate surface area is 129 Å². The zero-order chi connectivity index (χ0) is 15.5. The Balaban J connectivity index is 1.94. The van der Waals surface area contributed by atoms with Crippen LogP contribution in [0, 0.1) is 0 Å². The van der Waals surface area contributed by atoms with Gasteiger partial charge in [-0.3, -0.25) is 0 Å². The number of anilines is 2. The second-order valence-corrected chi connectivity index (χ2v) is 7.10. The molecule has 0 aliphatic rings. The Morgan fingerprint density at radius 2 is 1.71 bits per heavy atom. The highest BCUT2D eigenvalue weighted by atomic mass is 32.1. The second-order valence-electron chi connectivity index (χ2n) is 5.94. The molecule has 1 heterocycles. The van der Waals surface area contributed by atoms with Crippen molar-refractivity contribution in [1.82, 2.24) is 0 Å². The van der Waals surface area contributed by atoms with E-state index in [2.05, 4.69) is 43.5 Å². The highest BCUT2D eigenvalue weighted by Crippen LogP contribution is 2.29. The van der Waals surface area contributed by atoms with E-state index in [1.54, 1.807) is 0 Å². The third-order valence-corrected chi connectivity index (χ3v) is 4.53. The minimum atomic E-state index is -0.552. The third kappa shape index (κ3) is 4.49. The van der Waals surface area contributed by atoms with Crippen molar-refractivity contribution in [1.29, 1.82) is 0 Å². The molecule has 112 valence electrons. The molecule has 0 fully saturated rings. The van der Waals surface area contributed by atoms with Crippen molar-refractivity contribution in [2.45, 2.75) is 32.7 Å². The van der Waals surface area contributed by atoms with Gasteiger partial charge in [-0.05, 0) is 41.8 Å². The van der Waals surface area contributed by atoms with Crippen LogP contribution in [0.3, 0.4) is 0 Å². The van der Waals surface area contributed by atoms with Gasteiger partial charge in [-0.15, -0.1) is 11.3 Å². The molecule has 4 nitrogen and oxygen atoms in total. The first-order valence-corrected chi connectivity index (χ1v) is 7.66. The molecule has 1 aromatic carbocycles. The van der Waals surface area contributed by atoms with Gasteiger partial charge in [-0.2, -0.15) is 0 Å². The van der Waals surface area contributed by atoms with Crippen LogP contribution in [-0.2, 0) is 12.0 Å². The molecule has 0 radical (unpaired) electrons. The number of nitrogens with one attached hydrogen (secondary N) is 2. The fourth-order valence-electron chi connectivity index (χ4n) is 1.88. The lowest BCUT2D eigenvalue weighted by atomic mass is 9.95. The average molecular weight is 303 g/mol. The number of urea groups is 1. The number of hydrogen-bond acceptors (Lipinski definition) is 3. The van der Waals surface area contributed by atoms with Gasteiger partial charge in [0.25, 0.3) is 0 Å². The van der Waals surface area contributed by atoms with Crippen LogP contribution >= 0.6 is 11.3 Å². The molecule has 0 unspecified atom stereocenters. The van der Waals surface area contributed by atoms with Crippen molar-refractivity contribution in [2.24, 2.45) is 5.73 Å². The van der Waals surface area contributed by atoms with E-state index >= 15 is 0 Å². The highest BCUT2D eigenvalue weighted by Gasteiger charge is 2.15. The molecule has 1 aromatic heterocycles. The minimum absolute atomic E-state index is 0.199. The molecular formula is C16H21N3OS. The van der Waals surface area contributed by atoms with Crippen molar-refractivity contribution >= 4 is 28.7 Å². The van der Waals surface area contributed by atoms with E-state index in [4.69, 9.17) is 5.73 Å². The zero-order valence-corrected chi connectivity index (χ0v) is 13.4. The average Bonchev–Trinajstić information content (AvgIpc) is 2.86. The fraction of sp³-hybridized carbons (Fsp3) is 0.312. The van der Waals surface area contributed by atoms with Crippen LogP contribution in [0.5, 0.6) is 0 Å². The fourth-order valence-corrected chi connectivity index (χ4v) is 2.88. The molecule has 0 spiro atoms. The van der Waals surface area contributed by atoms with Crippen LogP contribution in [-0.4, -0.2) is 6.03 Å². The normalized spacial score (nSPS) is 11.2. The molecule has 0 saturated carbocycles. The van der Waals surface area contributed by atoms with Gasteiger partial charge in [0, 0.05) is 27.7 Å². The maximum absolute atomic E-state index is 10.7. The first kappa shape index (κ1) is 15.4. The predicted molar refractivity (Wildman–Crippen MR) is 90.0 cm³/mol. The summed E-state index contributed by atoms with van der Waals surface area (Å²) in [7, 11) is 0. The van der Waals surface area contributed by atoms with Crippen LogP contribution in [0.2, 0.25) is 0 Å². The quantitative estimate of drug-likeness (QED) is 0.794. The summed E-state index contributed by atoms with van der Waals surface area (Å²) in [6.45, 7) is 7.46. The standard InChI is InChI=1S/C16H21N3OS/c1-16(2,3)14-9-8-13(21-14)10-18-11-4-6-12(7-5-11)19-15(17)20/h4-9,18H,10H2,1-3H3,(H3,17,19,20). The maximum atomic E-state index is 10.7. The molecule has 21 heavy (non-hydrogen) atoms. The van der Waals surface area contributed by atoms with Crippen molar-refractivity contribution in [2.75, 3.05) is 10.6 Å². The van der Waals surface area contributed by atoms with E-state index in [-0.39, 0.29) is 5.41 Å². The molecule has 0 atom stereocenters. The van der Waals surface area contributed by atoms with Crippen LogP contribution in [0.25, 0.3) is 0 Å². The van der Waals surface area contributed by atoms with Gasteiger partial charge in [0.05, 0.1) is 0 Å². The summed E-state index contributed by atoms with van der Waals surface area (Å²) in [4.78, 5) is 13.4. The maximum Gasteiger partial charge on any atom is 0.316 e. The van der Waals surface area contributed by atoms with Crippen LogP contribution in [0.4, 0.5) is 16.2 Å². The summed E-state index contributed by atoms with van der Waals surface area (Å²) < 4.78 is 0. The molecule has 0 aliphatic carbocycles. The Hall–Kier alpha value is -2.01. The second kappa shape index (κ2) is 6.18. The van der Waals surface area contributed by atoms with Crippen molar-refractivity contribution < 1.29 is 4.79 Å². The number of rotatable bonds is 4.